The Morgan fingerprint density at radius 1 is 1.37 bits per heavy atom. The summed E-state index contributed by atoms with van der Waals surface area (Å²) in [5.41, 5.74) is 7.25. The molecule has 4 N–H and O–H groups in total. The topological polar surface area (TPSA) is 88.5 Å². The summed E-state index contributed by atoms with van der Waals surface area (Å²) in [7, 11) is 0. The first-order chi connectivity index (χ1) is 8.97. The van der Waals surface area contributed by atoms with E-state index in [2.05, 4.69) is 5.32 Å². The molecule has 2 rings (SSSR count). The Kier molecular flexibility index (Phi) is 3.46. The minimum absolute atomic E-state index is 0.106. The molecule has 0 aliphatic carbocycles. The van der Waals surface area contributed by atoms with E-state index in [-0.39, 0.29) is 18.2 Å². The number of amides is 1. The predicted octanol–water partition coefficient (Wildman–Crippen LogP) is 2.11. The molecular formula is C14H16N2O3. The van der Waals surface area contributed by atoms with Crippen molar-refractivity contribution in [3.63, 3.8) is 0 Å². The summed E-state index contributed by atoms with van der Waals surface area (Å²) in [5.74, 6) is 1.13. The number of rotatable bonds is 3. The summed E-state index contributed by atoms with van der Waals surface area (Å²) in [5, 5.41) is 12.4. The van der Waals surface area contributed by atoms with Crippen LogP contribution in [0.4, 0.5) is 5.69 Å². The van der Waals surface area contributed by atoms with Gasteiger partial charge in [0, 0.05) is 17.8 Å². The molecule has 0 aliphatic heterocycles. The van der Waals surface area contributed by atoms with Gasteiger partial charge in [0.2, 0.25) is 0 Å². The number of furan rings is 1. The average Bonchev–Trinajstić information content (AvgIpc) is 2.69. The fourth-order valence-electron chi connectivity index (χ4n) is 1.87. The Bertz CT molecular complexity index is 617. The van der Waals surface area contributed by atoms with Gasteiger partial charge in [-0.1, -0.05) is 0 Å². The van der Waals surface area contributed by atoms with Gasteiger partial charge in [0.15, 0.2) is 0 Å². The molecule has 1 aromatic carbocycles. The number of nitrogen functional groups attached to an aromatic ring is 1. The number of phenolic OH excluding ortho intramolecular Hbond substituents is 1. The van der Waals surface area contributed by atoms with E-state index in [4.69, 9.17) is 10.2 Å². The van der Waals surface area contributed by atoms with Crippen molar-refractivity contribution in [2.75, 3.05) is 5.73 Å². The van der Waals surface area contributed by atoms with Crippen LogP contribution >= 0.6 is 0 Å². The average molecular weight is 260 g/mol. The van der Waals surface area contributed by atoms with Crippen LogP contribution in [0.2, 0.25) is 0 Å². The number of anilines is 1. The number of phenols is 1. The molecule has 0 aliphatic rings. The van der Waals surface area contributed by atoms with Gasteiger partial charge in [-0.15, -0.1) is 0 Å². The number of aromatic hydroxyl groups is 1. The lowest BCUT2D eigenvalue weighted by atomic mass is 10.1. The van der Waals surface area contributed by atoms with E-state index in [1.54, 1.807) is 32.0 Å². The number of carbonyl (C=O) groups excluding carboxylic acids is 1. The Balaban J connectivity index is 2.08. The Labute approximate surface area is 111 Å². The standard InChI is InChI=1S/C14H16N2O3/c1-8-5-12(9(2)19-8)14(18)16-7-10-6-11(15)3-4-13(10)17/h3-6,17H,7,15H2,1-2H3,(H,16,18). The van der Waals surface area contributed by atoms with Crippen molar-refractivity contribution in [3.8, 4) is 5.75 Å². The highest BCUT2D eigenvalue weighted by molar-refractivity contribution is 5.95. The van der Waals surface area contributed by atoms with E-state index < -0.39 is 0 Å². The molecule has 5 nitrogen and oxygen atoms in total. The lowest BCUT2D eigenvalue weighted by molar-refractivity contribution is 0.0949. The van der Waals surface area contributed by atoms with E-state index in [0.29, 0.717) is 28.3 Å². The number of hydrogen-bond donors (Lipinski definition) is 3. The molecule has 0 fully saturated rings. The Morgan fingerprint density at radius 2 is 2.11 bits per heavy atom. The van der Waals surface area contributed by atoms with E-state index >= 15 is 0 Å². The smallest absolute Gasteiger partial charge is 0.255 e. The lowest BCUT2D eigenvalue weighted by Gasteiger charge is -2.07. The highest BCUT2D eigenvalue weighted by atomic mass is 16.3. The van der Waals surface area contributed by atoms with Crippen molar-refractivity contribution < 1.29 is 14.3 Å². The monoisotopic (exact) mass is 260 g/mol. The van der Waals surface area contributed by atoms with Crippen LogP contribution in [0.1, 0.15) is 27.4 Å². The molecule has 0 bridgehead atoms. The molecule has 1 aromatic heterocycles. The third-order valence-electron chi connectivity index (χ3n) is 2.83. The molecule has 0 spiro atoms. The second-order valence-corrected chi connectivity index (χ2v) is 4.40. The first-order valence-corrected chi connectivity index (χ1v) is 5.90. The Morgan fingerprint density at radius 3 is 2.74 bits per heavy atom. The van der Waals surface area contributed by atoms with Crippen molar-refractivity contribution in [3.05, 3.63) is 46.9 Å². The third kappa shape index (κ3) is 2.88. The predicted molar refractivity (Wildman–Crippen MR) is 71.9 cm³/mol. The van der Waals surface area contributed by atoms with Gasteiger partial charge in [0.25, 0.3) is 5.91 Å². The molecule has 0 atom stereocenters. The molecule has 100 valence electrons. The molecule has 2 aromatic rings. The summed E-state index contributed by atoms with van der Waals surface area (Å²) in [6, 6.07) is 6.42. The van der Waals surface area contributed by atoms with Crippen LogP contribution in [0.15, 0.2) is 28.7 Å². The summed E-state index contributed by atoms with van der Waals surface area (Å²) in [6.45, 7) is 3.73. The van der Waals surface area contributed by atoms with E-state index in [1.165, 1.54) is 6.07 Å². The van der Waals surface area contributed by atoms with Gasteiger partial charge in [0.1, 0.15) is 17.3 Å². The number of benzene rings is 1. The normalized spacial score (nSPS) is 10.4. The zero-order valence-electron chi connectivity index (χ0n) is 10.9. The third-order valence-corrected chi connectivity index (χ3v) is 2.83. The molecule has 1 heterocycles. The van der Waals surface area contributed by atoms with Gasteiger partial charge in [-0.2, -0.15) is 0 Å². The summed E-state index contributed by atoms with van der Waals surface area (Å²) < 4.78 is 5.30. The number of nitrogens with two attached hydrogens (primary N) is 1. The van der Waals surface area contributed by atoms with E-state index in [9.17, 15) is 9.90 Å². The largest absolute Gasteiger partial charge is 0.508 e. The molecule has 0 saturated heterocycles. The van der Waals surface area contributed by atoms with Crippen LogP contribution in [0, 0.1) is 13.8 Å². The number of aryl methyl sites for hydroxylation is 2. The van der Waals surface area contributed by atoms with Gasteiger partial charge in [-0.25, -0.2) is 0 Å². The quantitative estimate of drug-likeness (QED) is 0.582. The molecule has 0 radical (unpaired) electrons. The molecule has 1 amide bonds. The zero-order valence-corrected chi connectivity index (χ0v) is 10.9. The van der Waals surface area contributed by atoms with Crippen LogP contribution in [-0.4, -0.2) is 11.0 Å². The first-order valence-electron chi connectivity index (χ1n) is 5.90. The number of hydrogen-bond acceptors (Lipinski definition) is 4. The van der Waals surface area contributed by atoms with Gasteiger partial charge in [0.05, 0.1) is 5.56 Å². The second kappa shape index (κ2) is 5.06. The van der Waals surface area contributed by atoms with Crippen molar-refractivity contribution in [2.45, 2.75) is 20.4 Å². The number of nitrogens with one attached hydrogen (secondary N) is 1. The fraction of sp³-hybridized carbons (Fsp3) is 0.214. The van der Waals surface area contributed by atoms with Crippen LogP contribution in [0.3, 0.4) is 0 Å². The molecule has 0 unspecified atom stereocenters. The Hall–Kier alpha value is -2.43. The first kappa shape index (κ1) is 13.0. The zero-order chi connectivity index (χ0) is 14.0. The molecule has 19 heavy (non-hydrogen) atoms. The fourth-order valence-corrected chi connectivity index (χ4v) is 1.87. The van der Waals surface area contributed by atoms with Crippen molar-refractivity contribution in [1.82, 2.24) is 5.32 Å². The van der Waals surface area contributed by atoms with Crippen LogP contribution in [-0.2, 0) is 6.54 Å². The maximum Gasteiger partial charge on any atom is 0.255 e. The SMILES string of the molecule is Cc1cc(C(=O)NCc2cc(N)ccc2O)c(C)o1. The van der Waals surface area contributed by atoms with Gasteiger partial charge in [-0.05, 0) is 38.1 Å². The van der Waals surface area contributed by atoms with Crippen LogP contribution in [0.5, 0.6) is 5.75 Å². The molecular weight excluding hydrogens is 244 g/mol. The van der Waals surface area contributed by atoms with Crippen molar-refractivity contribution in [1.29, 1.82) is 0 Å². The van der Waals surface area contributed by atoms with Gasteiger partial charge in [-0.3, -0.25) is 4.79 Å². The summed E-state index contributed by atoms with van der Waals surface area (Å²) in [4.78, 5) is 12.0. The highest BCUT2D eigenvalue weighted by Crippen LogP contribution is 2.20. The van der Waals surface area contributed by atoms with Gasteiger partial charge >= 0.3 is 0 Å². The van der Waals surface area contributed by atoms with Crippen molar-refractivity contribution >= 4 is 11.6 Å². The van der Waals surface area contributed by atoms with Crippen molar-refractivity contribution in [2.24, 2.45) is 0 Å². The minimum atomic E-state index is -0.240. The minimum Gasteiger partial charge on any atom is -0.508 e. The molecule has 5 heteroatoms. The maximum atomic E-state index is 12.0. The van der Waals surface area contributed by atoms with E-state index in [0.717, 1.165) is 0 Å². The summed E-state index contributed by atoms with van der Waals surface area (Å²) in [6.07, 6.45) is 0. The summed E-state index contributed by atoms with van der Waals surface area (Å²) >= 11 is 0. The lowest BCUT2D eigenvalue weighted by Crippen LogP contribution is -2.23. The molecule has 0 saturated carbocycles. The van der Waals surface area contributed by atoms with Gasteiger partial charge < -0.3 is 20.6 Å². The second-order valence-electron chi connectivity index (χ2n) is 4.40. The van der Waals surface area contributed by atoms with E-state index in [1.807, 2.05) is 0 Å². The maximum absolute atomic E-state index is 12.0. The van der Waals surface area contributed by atoms with Crippen LogP contribution < -0.4 is 11.1 Å². The van der Waals surface area contributed by atoms with Crippen LogP contribution in [0.25, 0.3) is 0 Å². The number of carbonyl (C=O) groups is 1. The highest BCUT2D eigenvalue weighted by Gasteiger charge is 2.13.